The Kier molecular flexibility index (Phi) is 4.94. The molecule has 1 heterocycles. The third-order valence-corrected chi connectivity index (χ3v) is 5.01. The first kappa shape index (κ1) is 14.4. The first-order valence-corrected chi connectivity index (χ1v) is 7.95. The Balaban J connectivity index is 2.42. The third kappa shape index (κ3) is 4.27. The lowest BCUT2D eigenvalue weighted by atomic mass is 9.88. The maximum Gasteiger partial charge on any atom is 0.238 e. The minimum absolute atomic E-state index is 0.391. The lowest BCUT2D eigenvalue weighted by molar-refractivity contribution is -0.120. The van der Waals surface area contributed by atoms with E-state index in [0.29, 0.717) is 18.4 Å². The van der Waals surface area contributed by atoms with Gasteiger partial charge in [0.05, 0.1) is 0 Å². The van der Waals surface area contributed by atoms with Gasteiger partial charge in [0.2, 0.25) is 5.91 Å². The number of amides is 1. The Morgan fingerprint density at radius 3 is 2.71 bits per heavy atom. The van der Waals surface area contributed by atoms with E-state index >= 15 is 0 Å². The van der Waals surface area contributed by atoms with Crippen molar-refractivity contribution in [2.24, 2.45) is 11.8 Å². The molecule has 0 radical (unpaired) electrons. The SMILES string of the molecule is CC1CNCCC1CNC(=O)C(C)S(C)(=O)=O. The molecule has 3 unspecified atom stereocenters. The second-order valence-corrected chi connectivity index (χ2v) is 7.31. The monoisotopic (exact) mass is 262 g/mol. The molecule has 2 N–H and O–H groups in total. The van der Waals surface area contributed by atoms with Crippen LogP contribution in [0.5, 0.6) is 0 Å². The molecule has 100 valence electrons. The molecule has 0 bridgehead atoms. The lowest BCUT2D eigenvalue weighted by Crippen LogP contribution is -2.44. The van der Waals surface area contributed by atoms with Crippen LogP contribution in [0.2, 0.25) is 0 Å². The minimum Gasteiger partial charge on any atom is -0.355 e. The summed E-state index contributed by atoms with van der Waals surface area (Å²) in [4.78, 5) is 11.6. The number of hydrogen-bond acceptors (Lipinski definition) is 4. The van der Waals surface area contributed by atoms with Gasteiger partial charge in [-0.05, 0) is 38.3 Å². The van der Waals surface area contributed by atoms with Crippen molar-refractivity contribution in [1.82, 2.24) is 10.6 Å². The van der Waals surface area contributed by atoms with E-state index in [1.807, 2.05) is 0 Å². The summed E-state index contributed by atoms with van der Waals surface area (Å²) in [6.45, 7) is 6.07. The second-order valence-electron chi connectivity index (χ2n) is 4.95. The summed E-state index contributed by atoms with van der Waals surface area (Å²) in [7, 11) is -3.29. The zero-order valence-corrected chi connectivity index (χ0v) is 11.5. The van der Waals surface area contributed by atoms with Gasteiger partial charge in [-0.1, -0.05) is 6.92 Å². The van der Waals surface area contributed by atoms with Crippen molar-refractivity contribution in [1.29, 1.82) is 0 Å². The Labute approximate surface area is 103 Å². The number of nitrogens with one attached hydrogen (secondary N) is 2. The molecule has 1 saturated heterocycles. The molecule has 17 heavy (non-hydrogen) atoms. The number of hydrogen-bond donors (Lipinski definition) is 2. The van der Waals surface area contributed by atoms with E-state index in [4.69, 9.17) is 0 Å². The summed E-state index contributed by atoms with van der Waals surface area (Å²) in [6, 6.07) is 0. The van der Waals surface area contributed by atoms with Crippen LogP contribution in [0, 0.1) is 11.8 Å². The van der Waals surface area contributed by atoms with Crippen LogP contribution >= 0.6 is 0 Å². The number of piperidine rings is 1. The molecular weight excluding hydrogens is 240 g/mol. The largest absolute Gasteiger partial charge is 0.355 e. The van der Waals surface area contributed by atoms with E-state index in [9.17, 15) is 13.2 Å². The van der Waals surface area contributed by atoms with Gasteiger partial charge in [-0.15, -0.1) is 0 Å². The van der Waals surface area contributed by atoms with Crippen LogP contribution in [0.3, 0.4) is 0 Å². The zero-order valence-electron chi connectivity index (χ0n) is 10.7. The van der Waals surface area contributed by atoms with Gasteiger partial charge in [-0.3, -0.25) is 4.79 Å². The molecule has 0 aromatic rings. The van der Waals surface area contributed by atoms with Crippen LogP contribution in [0.1, 0.15) is 20.3 Å². The Morgan fingerprint density at radius 2 is 2.18 bits per heavy atom. The molecule has 1 rings (SSSR count). The van der Waals surface area contributed by atoms with Crippen molar-refractivity contribution in [3.8, 4) is 0 Å². The maximum atomic E-state index is 11.6. The lowest BCUT2D eigenvalue weighted by Gasteiger charge is -2.29. The first-order chi connectivity index (χ1) is 7.82. The Hall–Kier alpha value is -0.620. The molecule has 1 aliphatic heterocycles. The second kappa shape index (κ2) is 5.82. The summed E-state index contributed by atoms with van der Waals surface area (Å²) in [5, 5.41) is 5.07. The zero-order chi connectivity index (χ0) is 13.1. The average Bonchev–Trinajstić information content (AvgIpc) is 2.25. The molecule has 0 aromatic heterocycles. The van der Waals surface area contributed by atoms with Crippen LogP contribution in [0.15, 0.2) is 0 Å². The fraction of sp³-hybridized carbons (Fsp3) is 0.909. The average molecular weight is 262 g/mol. The van der Waals surface area contributed by atoms with Crippen molar-refractivity contribution in [3.63, 3.8) is 0 Å². The molecule has 0 aliphatic carbocycles. The molecule has 0 spiro atoms. The molecule has 3 atom stereocenters. The molecule has 1 aliphatic rings. The smallest absolute Gasteiger partial charge is 0.238 e. The Morgan fingerprint density at radius 1 is 1.53 bits per heavy atom. The number of carbonyl (C=O) groups is 1. The van der Waals surface area contributed by atoms with Crippen LogP contribution in [-0.4, -0.2) is 45.5 Å². The van der Waals surface area contributed by atoms with Crippen LogP contribution in [-0.2, 0) is 14.6 Å². The summed E-state index contributed by atoms with van der Waals surface area (Å²) in [5.74, 6) is 0.558. The van der Waals surface area contributed by atoms with Crippen LogP contribution in [0.4, 0.5) is 0 Å². The standard InChI is InChI=1S/C11H22N2O3S/c1-8-6-12-5-4-10(8)7-13-11(14)9(2)17(3,15)16/h8-10,12H,4-7H2,1-3H3,(H,13,14). The molecule has 5 nitrogen and oxygen atoms in total. The molecule has 6 heteroatoms. The van der Waals surface area contributed by atoms with E-state index in [-0.39, 0.29) is 0 Å². The van der Waals surface area contributed by atoms with E-state index in [2.05, 4.69) is 17.6 Å². The van der Waals surface area contributed by atoms with Gasteiger partial charge in [0.25, 0.3) is 0 Å². The minimum atomic E-state index is -3.29. The van der Waals surface area contributed by atoms with Crippen molar-refractivity contribution in [2.45, 2.75) is 25.5 Å². The van der Waals surface area contributed by atoms with Crippen molar-refractivity contribution < 1.29 is 13.2 Å². The van der Waals surface area contributed by atoms with Crippen molar-refractivity contribution in [2.75, 3.05) is 25.9 Å². The number of rotatable bonds is 4. The van der Waals surface area contributed by atoms with E-state index < -0.39 is 21.0 Å². The van der Waals surface area contributed by atoms with E-state index in [1.165, 1.54) is 6.92 Å². The van der Waals surface area contributed by atoms with Crippen LogP contribution in [0.25, 0.3) is 0 Å². The molecule has 0 aromatic carbocycles. The van der Waals surface area contributed by atoms with Gasteiger partial charge in [0.15, 0.2) is 9.84 Å². The predicted octanol–water partition coefficient (Wildman–Crippen LogP) is -0.219. The topological polar surface area (TPSA) is 75.3 Å². The maximum absolute atomic E-state index is 11.6. The van der Waals surface area contributed by atoms with Crippen molar-refractivity contribution in [3.05, 3.63) is 0 Å². The highest BCUT2D eigenvalue weighted by molar-refractivity contribution is 7.92. The molecule has 0 saturated carbocycles. The van der Waals surface area contributed by atoms with Gasteiger partial charge in [-0.2, -0.15) is 0 Å². The van der Waals surface area contributed by atoms with Gasteiger partial charge in [0, 0.05) is 12.8 Å². The molecule has 1 amide bonds. The van der Waals surface area contributed by atoms with Crippen LogP contribution < -0.4 is 10.6 Å². The quantitative estimate of drug-likeness (QED) is 0.734. The van der Waals surface area contributed by atoms with E-state index in [0.717, 1.165) is 25.8 Å². The fourth-order valence-corrected chi connectivity index (χ4v) is 2.41. The van der Waals surface area contributed by atoms with Crippen molar-refractivity contribution >= 4 is 15.7 Å². The predicted molar refractivity (Wildman–Crippen MR) is 67.5 cm³/mol. The Bertz CT molecular complexity index is 367. The van der Waals surface area contributed by atoms with Gasteiger partial charge in [0.1, 0.15) is 5.25 Å². The van der Waals surface area contributed by atoms with Gasteiger partial charge < -0.3 is 10.6 Å². The van der Waals surface area contributed by atoms with Gasteiger partial charge in [-0.25, -0.2) is 8.42 Å². The summed E-state index contributed by atoms with van der Waals surface area (Å²) >= 11 is 0. The first-order valence-electron chi connectivity index (χ1n) is 5.99. The molecular formula is C11H22N2O3S. The molecule has 1 fully saturated rings. The third-order valence-electron chi connectivity index (χ3n) is 3.51. The summed E-state index contributed by atoms with van der Waals surface area (Å²) in [5.41, 5.74) is 0. The highest BCUT2D eigenvalue weighted by atomic mass is 32.2. The summed E-state index contributed by atoms with van der Waals surface area (Å²) in [6.07, 6.45) is 2.11. The van der Waals surface area contributed by atoms with Gasteiger partial charge >= 0.3 is 0 Å². The number of carbonyl (C=O) groups excluding carboxylic acids is 1. The normalized spacial score (nSPS) is 27.5. The van der Waals surface area contributed by atoms with E-state index in [1.54, 1.807) is 0 Å². The highest BCUT2D eigenvalue weighted by Gasteiger charge is 2.26. The fourth-order valence-electron chi connectivity index (χ4n) is 1.94. The summed E-state index contributed by atoms with van der Waals surface area (Å²) < 4.78 is 22.4. The highest BCUT2D eigenvalue weighted by Crippen LogP contribution is 2.17. The number of sulfone groups is 1.